The van der Waals surface area contributed by atoms with E-state index in [0.29, 0.717) is 19.0 Å². The predicted octanol–water partition coefficient (Wildman–Crippen LogP) is 3.83. The van der Waals surface area contributed by atoms with E-state index in [0.717, 1.165) is 35.7 Å². The van der Waals surface area contributed by atoms with E-state index in [1.54, 1.807) is 0 Å². The highest BCUT2D eigenvalue weighted by Crippen LogP contribution is 2.38. The highest BCUT2D eigenvalue weighted by molar-refractivity contribution is 5.87. The average Bonchev–Trinajstić information content (AvgIpc) is 3.67. The van der Waals surface area contributed by atoms with Crippen molar-refractivity contribution in [1.82, 2.24) is 15.1 Å². The molecule has 0 radical (unpaired) electrons. The summed E-state index contributed by atoms with van der Waals surface area (Å²) in [6.45, 7) is 2.95. The first-order valence-corrected chi connectivity index (χ1v) is 10.8. The molecule has 1 saturated carbocycles. The fourth-order valence-corrected chi connectivity index (χ4v) is 4.21. The van der Waals surface area contributed by atoms with Crippen LogP contribution in [0.3, 0.4) is 0 Å². The van der Waals surface area contributed by atoms with Crippen LogP contribution in [0.2, 0.25) is 0 Å². The van der Waals surface area contributed by atoms with Crippen molar-refractivity contribution in [3.05, 3.63) is 89.6 Å². The number of anilines is 1. The molecule has 1 saturated heterocycles. The third-order valence-electron chi connectivity index (χ3n) is 6.09. The molecule has 1 aromatic heterocycles. The van der Waals surface area contributed by atoms with Crippen molar-refractivity contribution in [3.8, 4) is 0 Å². The standard InChI is InChI=1S/C25H26N4O/c30-25(24(20-7-3-1-4-8-20)21-9-5-2-6-10-21)29-17-15-28(16-18-29)23-14-13-22(26-27-23)19-11-12-19/h1-10,13-14,19,24H,11-12,15-18H2. The Bertz CT molecular complexity index is 939. The van der Waals surface area contributed by atoms with Crippen molar-refractivity contribution in [3.63, 3.8) is 0 Å². The van der Waals surface area contributed by atoms with Gasteiger partial charge in [-0.1, -0.05) is 60.7 Å². The highest BCUT2D eigenvalue weighted by atomic mass is 16.2. The number of amides is 1. The van der Waals surface area contributed by atoms with Gasteiger partial charge in [0.1, 0.15) is 0 Å². The van der Waals surface area contributed by atoms with E-state index in [1.165, 1.54) is 12.8 Å². The van der Waals surface area contributed by atoms with Crippen molar-refractivity contribution < 1.29 is 4.79 Å². The molecule has 2 aromatic carbocycles. The normalized spacial score (nSPS) is 16.7. The van der Waals surface area contributed by atoms with Crippen LogP contribution in [0.4, 0.5) is 5.82 Å². The summed E-state index contributed by atoms with van der Waals surface area (Å²) >= 11 is 0. The Morgan fingerprint density at radius 2 is 1.37 bits per heavy atom. The van der Waals surface area contributed by atoms with E-state index in [9.17, 15) is 4.79 Å². The monoisotopic (exact) mass is 398 g/mol. The van der Waals surface area contributed by atoms with Gasteiger partial charge in [0.2, 0.25) is 5.91 Å². The van der Waals surface area contributed by atoms with Gasteiger partial charge in [0.25, 0.3) is 0 Å². The van der Waals surface area contributed by atoms with Crippen LogP contribution in [0, 0.1) is 0 Å². The summed E-state index contributed by atoms with van der Waals surface area (Å²) in [7, 11) is 0. The summed E-state index contributed by atoms with van der Waals surface area (Å²) in [5, 5.41) is 8.84. The van der Waals surface area contributed by atoms with Gasteiger partial charge in [-0.05, 0) is 36.1 Å². The third-order valence-corrected chi connectivity index (χ3v) is 6.09. The van der Waals surface area contributed by atoms with Gasteiger partial charge in [0, 0.05) is 32.1 Å². The van der Waals surface area contributed by atoms with Crippen LogP contribution < -0.4 is 4.90 Å². The molecule has 2 fully saturated rings. The summed E-state index contributed by atoms with van der Waals surface area (Å²) < 4.78 is 0. The Morgan fingerprint density at radius 1 is 0.767 bits per heavy atom. The van der Waals surface area contributed by atoms with E-state index < -0.39 is 0 Å². The average molecular weight is 399 g/mol. The lowest BCUT2D eigenvalue weighted by atomic mass is 9.90. The minimum atomic E-state index is -0.267. The van der Waals surface area contributed by atoms with Gasteiger partial charge in [-0.3, -0.25) is 4.79 Å². The molecule has 5 heteroatoms. The summed E-state index contributed by atoms with van der Waals surface area (Å²) in [5.74, 6) is 1.43. The van der Waals surface area contributed by atoms with Crippen LogP contribution in [0.15, 0.2) is 72.8 Å². The summed E-state index contributed by atoms with van der Waals surface area (Å²) in [6, 6.07) is 24.3. The molecule has 0 unspecified atom stereocenters. The topological polar surface area (TPSA) is 49.3 Å². The Labute approximate surface area is 177 Å². The molecule has 0 bridgehead atoms. The number of carbonyl (C=O) groups is 1. The highest BCUT2D eigenvalue weighted by Gasteiger charge is 2.30. The lowest BCUT2D eigenvalue weighted by Crippen LogP contribution is -2.50. The maximum Gasteiger partial charge on any atom is 0.234 e. The van der Waals surface area contributed by atoms with Crippen LogP contribution in [-0.4, -0.2) is 47.2 Å². The van der Waals surface area contributed by atoms with Gasteiger partial charge in [0.15, 0.2) is 5.82 Å². The molecule has 5 rings (SSSR count). The van der Waals surface area contributed by atoms with E-state index in [-0.39, 0.29) is 11.8 Å². The number of aromatic nitrogens is 2. The lowest BCUT2D eigenvalue weighted by Gasteiger charge is -2.37. The van der Waals surface area contributed by atoms with E-state index in [4.69, 9.17) is 0 Å². The van der Waals surface area contributed by atoms with E-state index >= 15 is 0 Å². The molecule has 1 amide bonds. The molecule has 0 N–H and O–H groups in total. The number of piperazine rings is 1. The van der Waals surface area contributed by atoms with Crippen molar-refractivity contribution in [2.45, 2.75) is 24.7 Å². The predicted molar refractivity (Wildman–Crippen MR) is 118 cm³/mol. The van der Waals surface area contributed by atoms with Crippen molar-refractivity contribution in [1.29, 1.82) is 0 Å². The zero-order chi connectivity index (χ0) is 20.3. The third kappa shape index (κ3) is 3.92. The van der Waals surface area contributed by atoms with Crippen LogP contribution in [0.25, 0.3) is 0 Å². The lowest BCUT2D eigenvalue weighted by molar-refractivity contribution is -0.132. The van der Waals surface area contributed by atoms with E-state index in [1.807, 2.05) is 65.6 Å². The SMILES string of the molecule is O=C(C(c1ccccc1)c1ccccc1)N1CCN(c2ccc(C3CC3)nn2)CC1. The second-order valence-corrected chi connectivity index (χ2v) is 8.16. The smallest absolute Gasteiger partial charge is 0.234 e. The zero-order valence-electron chi connectivity index (χ0n) is 17.0. The zero-order valence-corrected chi connectivity index (χ0v) is 17.0. The number of carbonyl (C=O) groups excluding carboxylic acids is 1. The molecule has 30 heavy (non-hydrogen) atoms. The summed E-state index contributed by atoms with van der Waals surface area (Å²) in [5.41, 5.74) is 3.19. The Balaban J connectivity index is 1.29. The minimum absolute atomic E-state index is 0.169. The van der Waals surface area contributed by atoms with Crippen LogP contribution >= 0.6 is 0 Å². The molecular weight excluding hydrogens is 372 g/mol. The number of benzene rings is 2. The van der Waals surface area contributed by atoms with Crippen LogP contribution in [-0.2, 0) is 4.79 Å². The van der Waals surface area contributed by atoms with Crippen LogP contribution in [0.5, 0.6) is 0 Å². The summed E-state index contributed by atoms with van der Waals surface area (Å²) in [4.78, 5) is 17.8. The van der Waals surface area contributed by atoms with Gasteiger partial charge in [0.05, 0.1) is 11.6 Å². The van der Waals surface area contributed by atoms with Crippen molar-refractivity contribution >= 4 is 11.7 Å². The van der Waals surface area contributed by atoms with Crippen LogP contribution in [0.1, 0.15) is 41.5 Å². The quantitative estimate of drug-likeness (QED) is 0.655. The molecule has 5 nitrogen and oxygen atoms in total. The Hall–Kier alpha value is -3.21. The minimum Gasteiger partial charge on any atom is -0.352 e. The number of hydrogen-bond acceptors (Lipinski definition) is 4. The molecular formula is C25H26N4O. The first-order valence-electron chi connectivity index (χ1n) is 10.8. The second kappa shape index (κ2) is 8.27. The molecule has 0 spiro atoms. The molecule has 1 aliphatic carbocycles. The van der Waals surface area contributed by atoms with Crippen molar-refractivity contribution in [2.75, 3.05) is 31.1 Å². The molecule has 1 aliphatic heterocycles. The van der Waals surface area contributed by atoms with Gasteiger partial charge in [-0.25, -0.2) is 0 Å². The number of nitrogens with zero attached hydrogens (tertiary/aromatic N) is 4. The molecule has 3 aromatic rings. The van der Waals surface area contributed by atoms with Gasteiger partial charge >= 0.3 is 0 Å². The first kappa shape index (κ1) is 18.8. The van der Waals surface area contributed by atoms with Gasteiger partial charge in [-0.2, -0.15) is 5.10 Å². The van der Waals surface area contributed by atoms with Crippen molar-refractivity contribution in [2.24, 2.45) is 0 Å². The number of hydrogen-bond donors (Lipinski definition) is 0. The molecule has 2 heterocycles. The molecule has 0 atom stereocenters. The Kier molecular flexibility index (Phi) is 5.18. The fraction of sp³-hybridized carbons (Fsp3) is 0.320. The van der Waals surface area contributed by atoms with Gasteiger partial charge < -0.3 is 9.80 Å². The fourth-order valence-electron chi connectivity index (χ4n) is 4.21. The molecule has 152 valence electrons. The van der Waals surface area contributed by atoms with E-state index in [2.05, 4.69) is 27.2 Å². The first-order chi connectivity index (χ1) is 14.8. The molecule has 2 aliphatic rings. The second-order valence-electron chi connectivity index (χ2n) is 8.16. The van der Waals surface area contributed by atoms with Gasteiger partial charge in [-0.15, -0.1) is 5.10 Å². The number of rotatable bonds is 5. The maximum atomic E-state index is 13.5. The largest absolute Gasteiger partial charge is 0.352 e. The maximum absolute atomic E-state index is 13.5. The Morgan fingerprint density at radius 3 is 1.87 bits per heavy atom. The summed E-state index contributed by atoms with van der Waals surface area (Å²) in [6.07, 6.45) is 2.47.